The molecule has 0 unspecified atom stereocenters. The second kappa shape index (κ2) is 4.35. The molecule has 1 aromatic carbocycles. The standard InChI is InChI=1S/C6H7O3P.Cd/c7-10(8,9)6-4-2-1-3-5-6;/h1-5H,(H2,7,8,9);/q;+2/p-2. The van der Waals surface area contributed by atoms with Crippen LogP contribution in [0.5, 0.6) is 0 Å². The zero-order valence-electron chi connectivity index (χ0n) is 5.77. The number of benzene rings is 1. The average Bonchev–Trinajstić information content (AvgIpc) is 1.88. The number of hydrogen-bond donors (Lipinski definition) is 0. The minimum Gasteiger partial charge on any atom is -0.807 e. The Labute approximate surface area is 84.8 Å². The van der Waals surface area contributed by atoms with Gasteiger partial charge in [-0.15, -0.1) is 0 Å². The van der Waals surface area contributed by atoms with Gasteiger partial charge in [-0.2, -0.15) is 0 Å². The monoisotopic (exact) mass is 270 g/mol. The second-order valence-electron chi connectivity index (χ2n) is 1.83. The normalized spacial score (nSPS) is 10.4. The molecule has 0 aliphatic carbocycles. The van der Waals surface area contributed by atoms with Crippen molar-refractivity contribution in [3.05, 3.63) is 30.3 Å². The molecule has 1 rings (SSSR count). The summed E-state index contributed by atoms with van der Waals surface area (Å²) in [5.74, 6) is 0. The van der Waals surface area contributed by atoms with Gasteiger partial charge in [-0.25, -0.2) is 0 Å². The van der Waals surface area contributed by atoms with E-state index in [1.165, 1.54) is 24.3 Å². The maximum atomic E-state index is 10.3. The Bertz CT molecular complexity index is 256. The fraction of sp³-hybridized carbons (Fsp3) is 0. The smallest absolute Gasteiger partial charge is 0.807 e. The minimum absolute atomic E-state index is 0. The molecule has 0 heterocycles. The molecule has 0 aliphatic heterocycles. The summed E-state index contributed by atoms with van der Waals surface area (Å²) in [6.07, 6.45) is 0. The molecule has 3 nitrogen and oxygen atoms in total. The van der Waals surface area contributed by atoms with Gasteiger partial charge in [-0.3, -0.25) is 0 Å². The van der Waals surface area contributed by atoms with Gasteiger partial charge < -0.3 is 14.4 Å². The third-order valence-electron chi connectivity index (χ3n) is 1.07. The first-order chi connectivity index (χ1) is 4.61. The molecule has 0 bridgehead atoms. The average molecular weight is 268 g/mol. The molecule has 11 heavy (non-hydrogen) atoms. The van der Waals surface area contributed by atoms with Crippen LogP contribution in [0.2, 0.25) is 0 Å². The van der Waals surface area contributed by atoms with E-state index < -0.39 is 7.60 Å². The summed E-state index contributed by atoms with van der Waals surface area (Å²) in [6, 6.07) is 7.23. The zero-order chi connectivity index (χ0) is 7.61. The van der Waals surface area contributed by atoms with Crippen LogP contribution in [0.3, 0.4) is 0 Å². The minimum atomic E-state index is -4.52. The van der Waals surface area contributed by atoms with Gasteiger partial charge in [0, 0.05) is 0 Å². The Balaban J connectivity index is 0.000001000. The third kappa shape index (κ3) is 3.46. The maximum absolute atomic E-state index is 10.3. The van der Waals surface area contributed by atoms with Crippen molar-refractivity contribution in [3.8, 4) is 0 Å². The molecule has 0 radical (unpaired) electrons. The molecular weight excluding hydrogens is 263 g/mol. The summed E-state index contributed by atoms with van der Waals surface area (Å²) in [6.45, 7) is 0. The van der Waals surface area contributed by atoms with Crippen LogP contribution >= 0.6 is 7.60 Å². The molecule has 0 aliphatic rings. The quantitative estimate of drug-likeness (QED) is 0.496. The van der Waals surface area contributed by atoms with Gasteiger partial charge in [-0.1, -0.05) is 30.3 Å². The van der Waals surface area contributed by atoms with Gasteiger partial charge in [0.2, 0.25) is 0 Å². The largest absolute Gasteiger partial charge is 2.00 e. The molecule has 1 aromatic rings. The molecule has 54 valence electrons. The van der Waals surface area contributed by atoms with Crippen molar-refractivity contribution in [2.45, 2.75) is 0 Å². The molecule has 5 heteroatoms. The second-order valence-corrected chi connectivity index (χ2v) is 3.34. The summed E-state index contributed by atoms with van der Waals surface area (Å²) in [5.41, 5.74) is 0. The molecule has 0 aromatic heterocycles. The first kappa shape index (κ1) is 11.3. The van der Waals surface area contributed by atoms with E-state index in [-0.39, 0.29) is 32.6 Å². The van der Waals surface area contributed by atoms with Crippen molar-refractivity contribution >= 4 is 12.9 Å². The molecule has 0 N–H and O–H groups in total. The summed E-state index contributed by atoms with van der Waals surface area (Å²) in [5, 5.41) is -0.157. The first-order valence-electron chi connectivity index (χ1n) is 2.68. The molecule has 0 amide bonds. The molecular formula is C6H5CdO3P. The van der Waals surface area contributed by atoms with Gasteiger partial charge >= 0.3 is 27.3 Å². The summed E-state index contributed by atoms with van der Waals surface area (Å²) < 4.78 is 10.3. The van der Waals surface area contributed by atoms with Gasteiger partial charge in [0.05, 0.1) is 0 Å². The van der Waals surface area contributed by atoms with Crippen molar-refractivity contribution < 1.29 is 41.7 Å². The number of hydrogen-bond acceptors (Lipinski definition) is 3. The molecule has 0 atom stereocenters. The van der Waals surface area contributed by atoms with Crippen molar-refractivity contribution in [2.75, 3.05) is 0 Å². The maximum Gasteiger partial charge on any atom is 2.00 e. The van der Waals surface area contributed by atoms with E-state index in [0.29, 0.717) is 0 Å². The van der Waals surface area contributed by atoms with E-state index in [9.17, 15) is 14.4 Å². The Morgan fingerprint density at radius 2 is 1.55 bits per heavy atom. The Morgan fingerprint density at radius 1 is 1.09 bits per heavy atom. The summed E-state index contributed by atoms with van der Waals surface area (Å²) in [4.78, 5) is 20.6. The molecule has 0 spiro atoms. The van der Waals surface area contributed by atoms with E-state index in [2.05, 4.69) is 0 Å². The van der Waals surface area contributed by atoms with Crippen LogP contribution in [-0.2, 0) is 31.9 Å². The molecule has 0 saturated heterocycles. The van der Waals surface area contributed by atoms with E-state index in [4.69, 9.17) is 0 Å². The van der Waals surface area contributed by atoms with Crippen LogP contribution in [0.15, 0.2) is 30.3 Å². The molecule has 0 fully saturated rings. The SMILES string of the molecule is O=P([O-])([O-])c1ccccc1.[Cd+2]. The van der Waals surface area contributed by atoms with Crippen LogP contribution in [0.4, 0.5) is 0 Å². The van der Waals surface area contributed by atoms with E-state index >= 15 is 0 Å². The molecule has 0 saturated carbocycles. The van der Waals surface area contributed by atoms with Crippen LogP contribution in [0.1, 0.15) is 0 Å². The topological polar surface area (TPSA) is 63.2 Å². The van der Waals surface area contributed by atoms with Crippen LogP contribution < -0.4 is 15.1 Å². The summed E-state index contributed by atoms with van der Waals surface area (Å²) in [7, 11) is -4.52. The van der Waals surface area contributed by atoms with Crippen molar-refractivity contribution in [3.63, 3.8) is 0 Å². The van der Waals surface area contributed by atoms with Gasteiger partial charge in [0.25, 0.3) is 0 Å². The fourth-order valence-corrected chi connectivity index (χ4v) is 1.15. The van der Waals surface area contributed by atoms with Crippen molar-refractivity contribution in [1.82, 2.24) is 0 Å². The number of rotatable bonds is 1. The van der Waals surface area contributed by atoms with E-state index in [1.54, 1.807) is 6.07 Å². The van der Waals surface area contributed by atoms with E-state index in [1.807, 2.05) is 0 Å². The van der Waals surface area contributed by atoms with Gasteiger partial charge in [-0.05, 0) is 12.9 Å². The van der Waals surface area contributed by atoms with E-state index in [0.717, 1.165) is 0 Å². The Morgan fingerprint density at radius 3 is 1.82 bits per heavy atom. The predicted molar refractivity (Wildman–Crippen MR) is 33.7 cm³/mol. The summed E-state index contributed by atoms with van der Waals surface area (Å²) >= 11 is 0. The van der Waals surface area contributed by atoms with Gasteiger partial charge in [0.15, 0.2) is 0 Å². The van der Waals surface area contributed by atoms with Gasteiger partial charge in [0.1, 0.15) is 0 Å². The van der Waals surface area contributed by atoms with Crippen molar-refractivity contribution in [1.29, 1.82) is 0 Å². The predicted octanol–water partition coefficient (Wildman–Crippen LogP) is -0.777. The zero-order valence-corrected chi connectivity index (χ0v) is 10.7. The van der Waals surface area contributed by atoms with Crippen LogP contribution in [-0.4, -0.2) is 0 Å². The Hall–Kier alpha value is 0.292. The van der Waals surface area contributed by atoms with Crippen molar-refractivity contribution in [2.24, 2.45) is 0 Å². The fourth-order valence-electron chi connectivity index (χ4n) is 0.611. The Kier molecular flexibility index (Phi) is 4.47. The van der Waals surface area contributed by atoms with Crippen LogP contribution in [0.25, 0.3) is 0 Å². The first-order valence-corrected chi connectivity index (χ1v) is 4.22. The third-order valence-corrected chi connectivity index (χ3v) is 2.00. The van der Waals surface area contributed by atoms with Crippen LogP contribution in [0, 0.1) is 0 Å².